The van der Waals surface area contributed by atoms with Gasteiger partial charge in [-0.15, -0.1) is 0 Å². The van der Waals surface area contributed by atoms with E-state index in [1.165, 1.54) is 5.57 Å². The van der Waals surface area contributed by atoms with Gasteiger partial charge in [-0.1, -0.05) is 25.5 Å². The molecule has 0 aromatic carbocycles. The highest BCUT2D eigenvalue weighted by Crippen LogP contribution is 2.58. The molecule has 4 heteroatoms. The molecule has 102 valence electrons. The average Bonchev–Trinajstić information content (AvgIpc) is 2.74. The topological polar surface area (TPSA) is 64.4 Å². The number of carbonyl (C=O) groups excluding carboxylic acids is 1. The van der Waals surface area contributed by atoms with Crippen LogP contribution >= 0.6 is 0 Å². The van der Waals surface area contributed by atoms with Crippen LogP contribution in [0.4, 0.5) is 0 Å². The number of allylic oxidation sites excluding steroid dienone is 1. The molecule has 0 aromatic rings. The van der Waals surface area contributed by atoms with Crippen LogP contribution in [0.25, 0.3) is 0 Å². The van der Waals surface area contributed by atoms with Crippen molar-refractivity contribution >= 4 is 5.91 Å². The Bertz CT molecular complexity index is 385. The third-order valence-electron chi connectivity index (χ3n) is 4.60. The maximum atomic E-state index is 12.4. The normalized spacial score (nSPS) is 36.5. The number of hydrogen-bond donors (Lipinski definition) is 2. The molecule has 1 saturated heterocycles. The number of rotatable bonds is 3. The van der Waals surface area contributed by atoms with Crippen LogP contribution < -0.4 is 11.1 Å². The van der Waals surface area contributed by atoms with Gasteiger partial charge >= 0.3 is 0 Å². The molecule has 0 radical (unpaired) electrons. The first-order chi connectivity index (χ1) is 8.31. The van der Waals surface area contributed by atoms with Crippen molar-refractivity contribution in [3.8, 4) is 0 Å². The molecule has 2 rings (SSSR count). The van der Waals surface area contributed by atoms with E-state index in [1.54, 1.807) is 0 Å². The number of hydrogen-bond acceptors (Lipinski definition) is 3. The summed E-state index contributed by atoms with van der Waals surface area (Å²) in [6, 6.07) is 0. The average molecular weight is 252 g/mol. The molecule has 1 aliphatic carbocycles. The largest absolute Gasteiger partial charge is 0.377 e. The summed E-state index contributed by atoms with van der Waals surface area (Å²) in [6.07, 6.45) is 3.02. The highest BCUT2D eigenvalue weighted by atomic mass is 16.5. The molecule has 3 unspecified atom stereocenters. The van der Waals surface area contributed by atoms with Gasteiger partial charge in [0, 0.05) is 24.5 Å². The van der Waals surface area contributed by atoms with Gasteiger partial charge in [0.1, 0.15) is 5.54 Å². The van der Waals surface area contributed by atoms with Crippen LogP contribution in [0.1, 0.15) is 34.1 Å². The molecule has 2 aliphatic rings. The minimum atomic E-state index is -0.788. The number of fused-ring (bicyclic) bond motifs is 1. The number of nitrogens with one attached hydrogen (secondary N) is 1. The van der Waals surface area contributed by atoms with Gasteiger partial charge in [-0.25, -0.2) is 0 Å². The highest BCUT2D eigenvalue weighted by Gasteiger charge is 2.71. The van der Waals surface area contributed by atoms with Crippen LogP contribution in [0.2, 0.25) is 0 Å². The summed E-state index contributed by atoms with van der Waals surface area (Å²) in [7, 11) is 0. The summed E-state index contributed by atoms with van der Waals surface area (Å²) in [5, 5.41) is 2.93. The molecule has 0 bridgehead atoms. The Kier molecular flexibility index (Phi) is 3.28. The minimum Gasteiger partial charge on any atom is -0.377 e. The highest BCUT2D eigenvalue weighted by molar-refractivity contribution is 5.89. The summed E-state index contributed by atoms with van der Waals surface area (Å²) < 4.78 is 5.68. The summed E-state index contributed by atoms with van der Waals surface area (Å²) in [5.41, 5.74) is 6.53. The van der Waals surface area contributed by atoms with Gasteiger partial charge in [-0.2, -0.15) is 0 Å². The van der Waals surface area contributed by atoms with Crippen molar-refractivity contribution in [1.82, 2.24) is 5.32 Å². The number of ether oxygens (including phenoxy) is 1. The van der Waals surface area contributed by atoms with Gasteiger partial charge in [0.15, 0.2) is 0 Å². The second kappa shape index (κ2) is 4.35. The molecule has 4 nitrogen and oxygen atoms in total. The number of carbonyl (C=O) groups is 1. The Labute approximate surface area is 109 Å². The smallest absolute Gasteiger partial charge is 0.241 e. The van der Waals surface area contributed by atoms with Gasteiger partial charge in [-0.05, 0) is 20.3 Å². The zero-order valence-corrected chi connectivity index (χ0v) is 11.7. The minimum absolute atomic E-state index is 0.0447. The Hall–Kier alpha value is -0.870. The lowest BCUT2D eigenvalue weighted by molar-refractivity contribution is -0.175. The fourth-order valence-electron chi connectivity index (χ4n) is 3.34. The Morgan fingerprint density at radius 2 is 2.17 bits per heavy atom. The van der Waals surface area contributed by atoms with E-state index in [-0.39, 0.29) is 23.3 Å². The van der Waals surface area contributed by atoms with Crippen molar-refractivity contribution in [2.75, 3.05) is 13.2 Å². The molecule has 1 amide bonds. The maximum absolute atomic E-state index is 12.4. The standard InChI is InChI=1S/C14H24N2O2/c1-9(2)5-7-16-12(17)14(15)10-6-8-18-11(10)13(14,3)4/h5,10-11H,6-8,15H2,1-4H3,(H,16,17). The number of nitrogens with two attached hydrogens (primary N) is 1. The molecule has 0 aromatic heterocycles. The SMILES string of the molecule is CC(C)=CCNC(=O)C1(N)C2CCOC2C1(C)C. The third kappa shape index (κ3) is 1.70. The van der Waals surface area contributed by atoms with Crippen LogP contribution in [-0.2, 0) is 9.53 Å². The van der Waals surface area contributed by atoms with Crippen molar-refractivity contribution in [2.45, 2.75) is 45.8 Å². The van der Waals surface area contributed by atoms with Crippen molar-refractivity contribution in [3.05, 3.63) is 11.6 Å². The molecule has 1 aliphatic heterocycles. The second-order valence-corrected chi connectivity index (χ2v) is 6.27. The van der Waals surface area contributed by atoms with E-state index in [0.29, 0.717) is 6.54 Å². The third-order valence-corrected chi connectivity index (χ3v) is 4.60. The molecular formula is C14H24N2O2. The summed E-state index contributed by atoms with van der Waals surface area (Å²) >= 11 is 0. The van der Waals surface area contributed by atoms with E-state index in [0.717, 1.165) is 13.0 Å². The molecule has 2 fully saturated rings. The molecule has 3 N–H and O–H groups in total. The van der Waals surface area contributed by atoms with Gasteiger partial charge in [0.05, 0.1) is 6.10 Å². The first kappa shape index (κ1) is 13.6. The van der Waals surface area contributed by atoms with E-state index in [2.05, 4.69) is 5.32 Å². The summed E-state index contributed by atoms with van der Waals surface area (Å²) in [6.45, 7) is 9.35. The van der Waals surface area contributed by atoms with Crippen LogP contribution in [0.5, 0.6) is 0 Å². The Morgan fingerprint density at radius 1 is 1.50 bits per heavy atom. The number of amides is 1. The lowest BCUT2D eigenvalue weighted by Crippen LogP contribution is -2.80. The summed E-state index contributed by atoms with van der Waals surface area (Å²) in [4.78, 5) is 12.4. The van der Waals surface area contributed by atoms with Gasteiger partial charge in [0.25, 0.3) is 0 Å². The van der Waals surface area contributed by atoms with Crippen molar-refractivity contribution < 1.29 is 9.53 Å². The first-order valence-corrected chi connectivity index (χ1v) is 6.64. The van der Waals surface area contributed by atoms with E-state index in [1.807, 2.05) is 33.8 Å². The molecule has 18 heavy (non-hydrogen) atoms. The van der Waals surface area contributed by atoms with E-state index < -0.39 is 5.54 Å². The lowest BCUT2D eigenvalue weighted by Gasteiger charge is -2.60. The monoisotopic (exact) mass is 252 g/mol. The molecule has 1 heterocycles. The van der Waals surface area contributed by atoms with Crippen LogP contribution in [0, 0.1) is 11.3 Å². The van der Waals surface area contributed by atoms with Crippen molar-refractivity contribution in [3.63, 3.8) is 0 Å². The zero-order chi connectivity index (χ0) is 13.6. The van der Waals surface area contributed by atoms with E-state index >= 15 is 0 Å². The predicted molar refractivity (Wildman–Crippen MR) is 71.0 cm³/mol. The van der Waals surface area contributed by atoms with E-state index in [9.17, 15) is 4.79 Å². The molecular weight excluding hydrogens is 228 g/mol. The van der Waals surface area contributed by atoms with Crippen molar-refractivity contribution in [1.29, 1.82) is 0 Å². The van der Waals surface area contributed by atoms with Crippen LogP contribution in [0.3, 0.4) is 0 Å². The van der Waals surface area contributed by atoms with Crippen LogP contribution in [0.15, 0.2) is 11.6 Å². The lowest BCUT2D eigenvalue weighted by atomic mass is 9.48. The Morgan fingerprint density at radius 3 is 2.78 bits per heavy atom. The molecule has 3 atom stereocenters. The van der Waals surface area contributed by atoms with Gasteiger partial charge in [0.2, 0.25) is 5.91 Å². The quantitative estimate of drug-likeness (QED) is 0.742. The zero-order valence-electron chi connectivity index (χ0n) is 11.7. The molecule has 0 spiro atoms. The first-order valence-electron chi connectivity index (χ1n) is 6.64. The van der Waals surface area contributed by atoms with Gasteiger partial charge < -0.3 is 15.8 Å². The predicted octanol–water partition coefficient (Wildman–Crippen LogP) is 1.21. The second-order valence-electron chi connectivity index (χ2n) is 6.27. The fourth-order valence-corrected chi connectivity index (χ4v) is 3.34. The van der Waals surface area contributed by atoms with Gasteiger partial charge in [-0.3, -0.25) is 4.79 Å². The summed E-state index contributed by atoms with van der Waals surface area (Å²) in [5.74, 6) is 0.121. The van der Waals surface area contributed by atoms with Crippen molar-refractivity contribution in [2.24, 2.45) is 17.1 Å². The Balaban J connectivity index is 2.07. The van der Waals surface area contributed by atoms with Crippen LogP contribution in [-0.4, -0.2) is 30.7 Å². The molecule has 1 saturated carbocycles. The maximum Gasteiger partial charge on any atom is 0.241 e. The fraction of sp³-hybridized carbons (Fsp3) is 0.786. The van der Waals surface area contributed by atoms with E-state index in [4.69, 9.17) is 10.5 Å².